The van der Waals surface area contributed by atoms with Gasteiger partial charge in [0.2, 0.25) is 0 Å². The number of ketones is 1. The Morgan fingerprint density at radius 1 is 1.23 bits per heavy atom. The van der Waals surface area contributed by atoms with Crippen LogP contribution in [0.15, 0.2) is 47.4 Å². The second kappa shape index (κ2) is 7.09. The lowest BCUT2D eigenvalue weighted by atomic mass is 10.1. The quantitative estimate of drug-likeness (QED) is 0.806. The molecule has 6 nitrogen and oxygen atoms in total. The van der Waals surface area contributed by atoms with Gasteiger partial charge in [-0.1, -0.05) is 12.1 Å². The Hall–Kier alpha value is -2.38. The summed E-state index contributed by atoms with van der Waals surface area (Å²) >= 11 is 0. The molecule has 2 aromatic carbocycles. The zero-order valence-electron chi connectivity index (χ0n) is 14.7. The number of ether oxygens (including phenoxy) is 1. The fraction of sp³-hybridized carbons (Fsp3) is 0.316. The minimum atomic E-state index is -3.22. The van der Waals surface area contributed by atoms with Crippen LogP contribution in [0.25, 0.3) is 0 Å². The van der Waals surface area contributed by atoms with Crippen molar-refractivity contribution in [3.63, 3.8) is 0 Å². The van der Waals surface area contributed by atoms with Gasteiger partial charge in [-0.25, -0.2) is 8.42 Å². The van der Waals surface area contributed by atoms with Crippen molar-refractivity contribution >= 4 is 21.3 Å². The predicted octanol–water partition coefficient (Wildman–Crippen LogP) is 2.05. The van der Waals surface area contributed by atoms with Crippen LogP contribution in [0.1, 0.15) is 22.8 Å². The lowest BCUT2D eigenvalue weighted by molar-refractivity contribution is 0.0903. The third-order valence-corrected chi connectivity index (χ3v) is 5.42. The Bertz CT molecular complexity index is 921. The third-order valence-electron chi connectivity index (χ3n) is 4.30. The van der Waals surface area contributed by atoms with Crippen LogP contribution in [-0.4, -0.2) is 44.8 Å². The molecule has 0 aliphatic carbocycles. The van der Waals surface area contributed by atoms with E-state index in [1.807, 2.05) is 6.92 Å². The van der Waals surface area contributed by atoms with E-state index in [4.69, 9.17) is 9.84 Å². The molecule has 0 aromatic heterocycles. The van der Waals surface area contributed by atoms with Crippen LogP contribution in [0.4, 0.5) is 5.69 Å². The summed E-state index contributed by atoms with van der Waals surface area (Å²) in [7, 11) is -3.22. The van der Waals surface area contributed by atoms with Gasteiger partial charge in [-0.3, -0.25) is 4.79 Å². The highest BCUT2D eigenvalue weighted by molar-refractivity contribution is 7.90. The summed E-state index contributed by atoms with van der Waals surface area (Å²) < 4.78 is 29.0. The molecule has 1 N–H and O–H groups in total. The van der Waals surface area contributed by atoms with Crippen LogP contribution in [0.5, 0.6) is 5.75 Å². The SMILES string of the molecule is CC1CN(Cc2ccc(S(C)(=O)=O)cc2)c2cc(C(=O)CO)ccc2O1. The van der Waals surface area contributed by atoms with E-state index in [0.717, 1.165) is 11.3 Å². The number of hydrogen-bond acceptors (Lipinski definition) is 6. The Balaban J connectivity index is 1.90. The first-order chi connectivity index (χ1) is 12.3. The molecule has 0 saturated heterocycles. The second-order valence-corrected chi connectivity index (χ2v) is 8.50. The summed E-state index contributed by atoms with van der Waals surface area (Å²) in [6, 6.07) is 11.9. The first-order valence-corrected chi connectivity index (χ1v) is 10.2. The van der Waals surface area contributed by atoms with Gasteiger partial charge in [0.1, 0.15) is 18.5 Å². The summed E-state index contributed by atoms with van der Waals surface area (Å²) in [5.74, 6) is 0.342. The Morgan fingerprint density at radius 2 is 1.92 bits per heavy atom. The van der Waals surface area contributed by atoms with Gasteiger partial charge in [-0.05, 0) is 42.8 Å². The fourth-order valence-corrected chi connectivity index (χ4v) is 3.63. The van der Waals surface area contributed by atoms with Crippen LogP contribution in [0.3, 0.4) is 0 Å². The Kier molecular flexibility index (Phi) is 5.02. The zero-order valence-corrected chi connectivity index (χ0v) is 15.5. The van der Waals surface area contributed by atoms with Crippen molar-refractivity contribution in [1.29, 1.82) is 0 Å². The topological polar surface area (TPSA) is 83.9 Å². The summed E-state index contributed by atoms with van der Waals surface area (Å²) in [6.45, 7) is 2.62. The van der Waals surface area contributed by atoms with Crippen LogP contribution >= 0.6 is 0 Å². The standard InChI is InChI=1S/C19H21NO5S/c1-13-10-20(11-14-3-6-16(7-4-14)26(2,23)24)17-9-15(18(22)12-21)5-8-19(17)25-13/h3-9,13,21H,10-12H2,1-2H3. The third kappa shape index (κ3) is 3.89. The highest BCUT2D eigenvalue weighted by Crippen LogP contribution is 2.35. The number of aliphatic hydroxyl groups excluding tert-OH is 1. The largest absolute Gasteiger partial charge is 0.487 e. The number of benzene rings is 2. The molecule has 0 spiro atoms. The lowest BCUT2D eigenvalue weighted by Crippen LogP contribution is -2.38. The van der Waals surface area contributed by atoms with Crippen LogP contribution < -0.4 is 9.64 Å². The number of rotatable bonds is 5. The van der Waals surface area contributed by atoms with Crippen molar-refractivity contribution in [2.75, 3.05) is 24.3 Å². The second-order valence-electron chi connectivity index (χ2n) is 6.49. The number of fused-ring (bicyclic) bond motifs is 1. The first-order valence-electron chi connectivity index (χ1n) is 8.26. The van der Waals surface area contributed by atoms with Crippen molar-refractivity contribution in [2.24, 2.45) is 0 Å². The maximum atomic E-state index is 11.8. The molecule has 0 amide bonds. The number of carbonyl (C=O) groups is 1. The summed E-state index contributed by atoms with van der Waals surface area (Å²) in [4.78, 5) is 14.2. The normalized spacial score (nSPS) is 16.7. The monoisotopic (exact) mass is 375 g/mol. The number of sulfone groups is 1. The van der Waals surface area contributed by atoms with E-state index in [9.17, 15) is 13.2 Å². The maximum absolute atomic E-state index is 11.8. The predicted molar refractivity (Wildman–Crippen MR) is 98.6 cm³/mol. The van der Waals surface area contributed by atoms with Gasteiger partial charge in [0.25, 0.3) is 0 Å². The van der Waals surface area contributed by atoms with E-state index in [-0.39, 0.29) is 16.8 Å². The number of nitrogens with zero attached hydrogens (tertiary/aromatic N) is 1. The van der Waals surface area contributed by atoms with E-state index in [1.165, 1.54) is 6.26 Å². The summed E-state index contributed by atoms with van der Waals surface area (Å²) in [6.07, 6.45) is 1.17. The minimum absolute atomic E-state index is 0.0165. The molecule has 2 aromatic rings. The van der Waals surface area contributed by atoms with Crippen molar-refractivity contribution in [3.8, 4) is 5.75 Å². The highest BCUT2D eigenvalue weighted by atomic mass is 32.2. The number of carbonyl (C=O) groups excluding carboxylic acids is 1. The van der Waals surface area contributed by atoms with Crippen molar-refractivity contribution in [3.05, 3.63) is 53.6 Å². The van der Waals surface area contributed by atoms with E-state index in [0.29, 0.717) is 24.4 Å². The van der Waals surface area contributed by atoms with Crippen molar-refractivity contribution < 1.29 is 23.1 Å². The molecule has 0 bridgehead atoms. The Morgan fingerprint density at radius 3 is 2.54 bits per heavy atom. The first kappa shape index (κ1) is 18.4. The van der Waals surface area contributed by atoms with Gasteiger partial charge in [0.15, 0.2) is 15.6 Å². The number of Topliss-reactive ketones (excluding diaryl/α,β-unsaturated/α-hetero) is 1. The maximum Gasteiger partial charge on any atom is 0.188 e. The van der Waals surface area contributed by atoms with Gasteiger partial charge in [-0.2, -0.15) is 0 Å². The molecular formula is C19H21NO5S. The molecule has 1 unspecified atom stereocenters. The number of anilines is 1. The molecule has 26 heavy (non-hydrogen) atoms. The average molecular weight is 375 g/mol. The summed E-state index contributed by atoms with van der Waals surface area (Å²) in [5, 5.41) is 9.08. The zero-order chi connectivity index (χ0) is 18.9. The molecule has 7 heteroatoms. The van der Waals surface area contributed by atoms with Gasteiger partial charge >= 0.3 is 0 Å². The summed E-state index contributed by atoms with van der Waals surface area (Å²) in [5.41, 5.74) is 2.17. The van der Waals surface area contributed by atoms with Crippen molar-refractivity contribution in [2.45, 2.75) is 24.5 Å². The lowest BCUT2D eigenvalue weighted by Gasteiger charge is -2.35. The van der Waals surface area contributed by atoms with Gasteiger partial charge in [-0.15, -0.1) is 0 Å². The Labute approximate surface area is 152 Å². The minimum Gasteiger partial charge on any atom is -0.487 e. The van der Waals surface area contributed by atoms with E-state index < -0.39 is 16.4 Å². The number of aliphatic hydroxyl groups is 1. The molecule has 1 heterocycles. The molecule has 1 atom stereocenters. The van der Waals surface area contributed by atoms with E-state index >= 15 is 0 Å². The van der Waals surface area contributed by atoms with Crippen LogP contribution in [-0.2, 0) is 16.4 Å². The van der Waals surface area contributed by atoms with Crippen LogP contribution in [0, 0.1) is 0 Å². The van der Waals surface area contributed by atoms with Crippen LogP contribution in [0.2, 0.25) is 0 Å². The number of hydrogen-bond donors (Lipinski definition) is 1. The molecular weight excluding hydrogens is 354 g/mol. The average Bonchev–Trinajstić information content (AvgIpc) is 2.60. The molecule has 3 rings (SSSR count). The highest BCUT2D eigenvalue weighted by Gasteiger charge is 2.24. The van der Waals surface area contributed by atoms with E-state index in [2.05, 4.69) is 4.90 Å². The van der Waals surface area contributed by atoms with Gasteiger partial charge in [0.05, 0.1) is 17.1 Å². The fourth-order valence-electron chi connectivity index (χ4n) is 3.00. The smallest absolute Gasteiger partial charge is 0.188 e. The van der Waals surface area contributed by atoms with Gasteiger partial charge < -0.3 is 14.7 Å². The molecule has 1 aliphatic heterocycles. The molecule has 0 fully saturated rings. The molecule has 0 saturated carbocycles. The molecule has 1 aliphatic rings. The van der Waals surface area contributed by atoms with Gasteiger partial charge in [0, 0.05) is 18.4 Å². The molecule has 0 radical (unpaired) electrons. The molecule has 138 valence electrons. The van der Waals surface area contributed by atoms with E-state index in [1.54, 1.807) is 42.5 Å². The van der Waals surface area contributed by atoms with Crippen molar-refractivity contribution in [1.82, 2.24) is 0 Å².